The number of carbonyl (C=O) groups is 2. The highest BCUT2D eigenvalue weighted by atomic mass is 16.6. The monoisotopic (exact) mass is 575 g/mol. The fourth-order valence-corrected chi connectivity index (χ4v) is 5.64. The Morgan fingerprint density at radius 1 is 1.00 bits per heavy atom. The Morgan fingerprint density at radius 3 is 2.38 bits per heavy atom. The van der Waals surface area contributed by atoms with Crippen molar-refractivity contribution in [2.75, 3.05) is 30.0 Å². The number of fused-ring (bicyclic) bond motifs is 1. The lowest BCUT2D eigenvalue weighted by atomic mass is 9.99. The van der Waals surface area contributed by atoms with E-state index >= 15 is 0 Å². The quantitative estimate of drug-likeness (QED) is 0.376. The first-order valence-corrected chi connectivity index (χ1v) is 15.3. The molecule has 2 N–H and O–H groups in total. The molecular weight excluding hydrogens is 534 g/mol. The van der Waals surface area contributed by atoms with Gasteiger partial charge in [-0.1, -0.05) is 25.0 Å². The van der Waals surface area contributed by atoms with Gasteiger partial charge in [-0.15, -0.1) is 15.3 Å². The van der Waals surface area contributed by atoms with Crippen molar-refractivity contribution in [2.24, 2.45) is 5.92 Å². The van der Waals surface area contributed by atoms with E-state index in [0.29, 0.717) is 60.4 Å². The number of amides is 2. The first-order valence-electron chi connectivity index (χ1n) is 15.3. The minimum Gasteiger partial charge on any atom is -0.443 e. The van der Waals surface area contributed by atoms with Crippen LogP contribution in [0.2, 0.25) is 0 Å². The highest BCUT2D eigenvalue weighted by Gasteiger charge is 2.31. The van der Waals surface area contributed by atoms with Gasteiger partial charge in [0, 0.05) is 49.0 Å². The molecule has 2 amide bonds. The zero-order valence-electron chi connectivity index (χ0n) is 24.8. The number of hydrogen-bond donors (Lipinski definition) is 2. The molecule has 3 heterocycles. The number of rotatable bonds is 8. The van der Waals surface area contributed by atoms with E-state index in [4.69, 9.17) is 14.6 Å². The van der Waals surface area contributed by atoms with E-state index in [1.807, 2.05) is 39.0 Å². The molecule has 11 nitrogen and oxygen atoms in total. The lowest BCUT2D eigenvalue weighted by Crippen LogP contribution is -2.41. The summed E-state index contributed by atoms with van der Waals surface area (Å²) in [5, 5.41) is 20.6. The summed E-state index contributed by atoms with van der Waals surface area (Å²) < 4.78 is 13.2. The molecule has 0 radical (unpaired) electrons. The molecule has 3 aliphatic rings. The van der Waals surface area contributed by atoms with E-state index in [0.717, 1.165) is 44.1 Å². The van der Waals surface area contributed by atoms with Crippen molar-refractivity contribution >= 4 is 29.2 Å². The molecule has 0 bridgehead atoms. The Balaban J connectivity index is 1.39. The Bertz CT molecular complexity index is 1420. The molecule has 3 aromatic rings. The average molecular weight is 576 g/mol. The first-order chi connectivity index (χ1) is 20.2. The van der Waals surface area contributed by atoms with Gasteiger partial charge in [-0.05, 0) is 77.3 Å². The number of nitrogens with zero attached hydrogens (tertiary/aromatic N) is 5. The summed E-state index contributed by atoms with van der Waals surface area (Å²) >= 11 is 0. The van der Waals surface area contributed by atoms with Crippen LogP contribution in [0, 0.1) is 5.92 Å². The second-order valence-electron chi connectivity index (χ2n) is 12.8. The van der Waals surface area contributed by atoms with Crippen LogP contribution in [0.4, 0.5) is 16.3 Å². The van der Waals surface area contributed by atoms with E-state index in [1.165, 1.54) is 12.8 Å². The number of ether oxygens (including phenoxy) is 2. The number of carbonyl (C=O) groups excluding carboxylic acids is 2. The summed E-state index contributed by atoms with van der Waals surface area (Å²) in [6, 6.07) is 9.84. The molecule has 42 heavy (non-hydrogen) atoms. The van der Waals surface area contributed by atoms with Gasteiger partial charge in [0.25, 0.3) is 5.91 Å². The van der Waals surface area contributed by atoms with Crippen molar-refractivity contribution in [3.8, 4) is 11.4 Å². The van der Waals surface area contributed by atoms with Crippen LogP contribution in [0.1, 0.15) is 82.5 Å². The summed E-state index contributed by atoms with van der Waals surface area (Å²) in [7, 11) is 0. The first kappa shape index (κ1) is 28.4. The number of hydrogen-bond acceptors (Lipinski definition) is 8. The highest BCUT2D eigenvalue weighted by Crippen LogP contribution is 2.32. The van der Waals surface area contributed by atoms with E-state index in [-0.39, 0.29) is 11.8 Å². The predicted molar refractivity (Wildman–Crippen MR) is 160 cm³/mol. The van der Waals surface area contributed by atoms with Crippen molar-refractivity contribution < 1.29 is 19.1 Å². The third-order valence-corrected chi connectivity index (χ3v) is 8.06. The molecular formula is C31H41N7O4. The van der Waals surface area contributed by atoms with Crippen LogP contribution in [0.25, 0.3) is 17.0 Å². The van der Waals surface area contributed by atoms with Gasteiger partial charge in [0.2, 0.25) is 5.65 Å². The molecule has 2 saturated carbocycles. The van der Waals surface area contributed by atoms with Gasteiger partial charge in [-0.25, -0.2) is 4.79 Å². The van der Waals surface area contributed by atoms with E-state index in [1.54, 1.807) is 21.5 Å². The van der Waals surface area contributed by atoms with Gasteiger partial charge in [0.1, 0.15) is 11.4 Å². The van der Waals surface area contributed by atoms with E-state index in [9.17, 15) is 9.59 Å². The third kappa shape index (κ3) is 6.67. The van der Waals surface area contributed by atoms with Gasteiger partial charge in [-0.3, -0.25) is 9.69 Å². The minimum absolute atomic E-state index is 0.0697. The molecule has 0 atom stereocenters. The molecule has 6 rings (SSSR count). The van der Waals surface area contributed by atoms with Crippen molar-refractivity contribution in [3.63, 3.8) is 0 Å². The average Bonchev–Trinajstić information content (AvgIpc) is 3.44. The Kier molecular flexibility index (Phi) is 8.02. The van der Waals surface area contributed by atoms with Gasteiger partial charge in [0.15, 0.2) is 5.82 Å². The smallest absolute Gasteiger partial charge is 0.414 e. The van der Waals surface area contributed by atoms with Crippen molar-refractivity contribution in [1.29, 1.82) is 0 Å². The molecule has 224 valence electrons. The van der Waals surface area contributed by atoms with Gasteiger partial charge >= 0.3 is 6.09 Å². The fraction of sp³-hybridized carbons (Fsp3) is 0.581. The molecule has 1 saturated heterocycles. The Labute approximate surface area is 246 Å². The SMILES string of the molecule is CC(C)(C)OC(=O)N(CC1CCOCC1)c1cc(NC2CCCC2)nn2c(-c3ccc(C(=O)NC4CC4)cc3)nnc12. The summed E-state index contributed by atoms with van der Waals surface area (Å²) in [5.41, 5.74) is 1.78. The standard InChI is InChI=1S/C31H41N7O4/c1-31(2,3)42-30(40)37(19-20-14-16-41-17-15-20)25-18-26(32-23-6-4-5-7-23)36-38-27(34-35-28(25)38)21-8-10-22(11-9-21)29(39)33-24-12-13-24/h8-11,18,20,23-24H,4-7,12-17,19H2,1-3H3,(H,32,36)(H,33,39). The second-order valence-corrected chi connectivity index (χ2v) is 12.8. The van der Waals surface area contributed by atoms with Crippen LogP contribution in [0.3, 0.4) is 0 Å². The minimum atomic E-state index is -0.661. The summed E-state index contributed by atoms with van der Waals surface area (Å²) in [6.45, 7) is 7.45. The summed E-state index contributed by atoms with van der Waals surface area (Å²) in [5.74, 6) is 1.39. The highest BCUT2D eigenvalue weighted by molar-refractivity contribution is 5.95. The third-order valence-electron chi connectivity index (χ3n) is 8.06. The van der Waals surface area contributed by atoms with Crippen LogP contribution in [0.5, 0.6) is 0 Å². The van der Waals surface area contributed by atoms with E-state index < -0.39 is 11.7 Å². The van der Waals surface area contributed by atoms with Crippen LogP contribution in [-0.2, 0) is 9.47 Å². The zero-order chi connectivity index (χ0) is 29.3. The lowest BCUT2D eigenvalue weighted by molar-refractivity contribution is 0.0515. The summed E-state index contributed by atoms with van der Waals surface area (Å²) in [6.07, 6.45) is 7.89. The molecule has 0 spiro atoms. The Morgan fingerprint density at radius 2 is 1.71 bits per heavy atom. The van der Waals surface area contributed by atoms with Crippen molar-refractivity contribution in [3.05, 3.63) is 35.9 Å². The zero-order valence-corrected chi connectivity index (χ0v) is 24.8. The molecule has 2 aromatic heterocycles. The lowest BCUT2D eigenvalue weighted by Gasteiger charge is -2.32. The molecule has 0 unspecified atom stereocenters. The van der Waals surface area contributed by atoms with Crippen molar-refractivity contribution in [2.45, 2.75) is 89.8 Å². The van der Waals surface area contributed by atoms with Crippen LogP contribution in [0.15, 0.2) is 30.3 Å². The predicted octanol–water partition coefficient (Wildman–Crippen LogP) is 5.21. The maximum Gasteiger partial charge on any atom is 0.414 e. The van der Waals surface area contributed by atoms with Crippen LogP contribution >= 0.6 is 0 Å². The molecule has 3 fully saturated rings. The van der Waals surface area contributed by atoms with Gasteiger partial charge < -0.3 is 20.1 Å². The number of nitrogens with one attached hydrogen (secondary N) is 2. The fourth-order valence-electron chi connectivity index (χ4n) is 5.64. The maximum atomic E-state index is 13.7. The van der Waals surface area contributed by atoms with Gasteiger partial charge in [0.05, 0.1) is 5.69 Å². The van der Waals surface area contributed by atoms with Crippen LogP contribution < -0.4 is 15.5 Å². The topological polar surface area (TPSA) is 123 Å². The van der Waals surface area contributed by atoms with Crippen LogP contribution in [-0.4, -0.2) is 69.3 Å². The number of benzene rings is 1. The molecule has 1 aromatic carbocycles. The normalized spacial score (nSPS) is 18.3. The summed E-state index contributed by atoms with van der Waals surface area (Å²) in [4.78, 5) is 28.0. The second kappa shape index (κ2) is 11.9. The van der Waals surface area contributed by atoms with Gasteiger partial charge in [-0.2, -0.15) is 4.52 Å². The molecule has 2 aliphatic carbocycles. The molecule has 1 aliphatic heterocycles. The maximum absolute atomic E-state index is 13.7. The molecule has 11 heteroatoms. The van der Waals surface area contributed by atoms with Crippen molar-refractivity contribution in [1.82, 2.24) is 25.1 Å². The van der Waals surface area contributed by atoms with E-state index in [2.05, 4.69) is 20.8 Å². The number of aromatic nitrogens is 4. The number of anilines is 2. The largest absolute Gasteiger partial charge is 0.443 e. The Hall–Kier alpha value is -3.73.